The molecule has 31 heavy (non-hydrogen) atoms. The van der Waals surface area contributed by atoms with Gasteiger partial charge in [-0.3, -0.25) is 14.4 Å². The van der Waals surface area contributed by atoms with Gasteiger partial charge in [-0.1, -0.05) is 30.3 Å². The van der Waals surface area contributed by atoms with Crippen molar-refractivity contribution in [1.29, 1.82) is 0 Å². The summed E-state index contributed by atoms with van der Waals surface area (Å²) in [6.07, 6.45) is 0.753. The van der Waals surface area contributed by atoms with Crippen molar-refractivity contribution in [2.45, 2.75) is 25.9 Å². The smallest absolute Gasteiger partial charge is 0.278 e. The van der Waals surface area contributed by atoms with Crippen molar-refractivity contribution >= 4 is 23.2 Å². The second kappa shape index (κ2) is 8.43. The minimum absolute atomic E-state index is 0.0269. The van der Waals surface area contributed by atoms with Crippen molar-refractivity contribution in [2.75, 3.05) is 17.3 Å². The minimum atomic E-state index is -0.471. The van der Waals surface area contributed by atoms with Gasteiger partial charge in [0.15, 0.2) is 0 Å². The summed E-state index contributed by atoms with van der Waals surface area (Å²) in [6.45, 7) is 1.64. The molecule has 0 bridgehead atoms. The summed E-state index contributed by atoms with van der Waals surface area (Å²) in [5.74, 6) is -0.262. The zero-order valence-corrected chi connectivity index (χ0v) is 17.2. The van der Waals surface area contributed by atoms with E-state index in [-0.39, 0.29) is 24.2 Å². The summed E-state index contributed by atoms with van der Waals surface area (Å²) >= 11 is 0. The summed E-state index contributed by atoms with van der Waals surface area (Å²) in [7, 11) is 1.50. The van der Waals surface area contributed by atoms with E-state index in [1.54, 1.807) is 29.2 Å². The highest BCUT2D eigenvalue weighted by Gasteiger charge is 2.32. The molecule has 3 aromatic rings. The Balaban J connectivity index is 1.56. The van der Waals surface area contributed by atoms with Crippen LogP contribution in [0.2, 0.25) is 0 Å². The van der Waals surface area contributed by atoms with Crippen LogP contribution in [0.1, 0.15) is 23.0 Å². The summed E-state index contributed by atoms with van der Waals surface area (Å²) in [6, 6.07) is 17.3. The monoisotopic (exact) mass is 418 g/mol. The number of hydrogen-bond acceptors (Lipinski definition) is 5. The number of carbonyl (C=O) groups excluding carboxylic acids is 2. The zero-order chi connectivity index (χ0) is 22.0. The number of amides is 2. The number of rotatable bonds is 5. The predicted octanol–water partition coefficient (Wildman–Crippen LogP) is 2.48. The molecule has 2 amide bonds. The Morgan fingerprint density at radius 2 is 1.84 bits per heavy atom. The standard InChI is InChI=1S/C23H22N4O4/c1-15-13-16-7-3-5-9-19(16)27(15)23(30)18-11-12-22(29)26(25-18)14-21(28)24-17-8-4-6-10-20(17)31-2/h3-12,15H,13-14H2,1-2H3,(H,24,28)/t15-/m0/s1. The molecule has 0 unspecified atom stereocenters. The average Bonchev–Trinajstić information content (AvgIpc) is 3.10. The van der Waals surface area contributed by atoms with E-state index in [2.05, 4.69) is 10.4 Å². The van der Waals surface area contributed by atoms with E-state index in [4.69, 9.17) is 4.74 Å². The van der Waals surface area contributed by atoms with Gasteiger partial charge < -0.3 is 15.0 Å². The van der Waals surface area contributed by atoms with Crippen LogP contribution in [0.3, 0.4) is 0 Å². The molecular formula is C23H22N4O4. The lowest BCUT2D eigenvalue weighted by atomic mass is 10.1. The van der Waals surface area contributed by atoms with Gasteiger partial charge in [0.2, 0.25) is 5.91 Å². The van der Waals surface area contributed by atoms with Gasteiger partial charge in [-0.05, 0) is 43.2 Å². The molecule has 0 fully saturated rings. The minimum Gasteiger partial charge on any atom is -0.495 e. The summed E-state index contributed by atoms with van der Waals surface area (Å²) in [4.78, 5) is 39.6. The van der Waals surface area contributed by atoms with Gasteiger partial charge in [0, 0.05) is 17.8 Å². The lowest BCUT2D eigenvalue weighted by molar-refractivity contribution is -0.117. The fourth-order valence-electron chi connectivity index (χ4n) is 3.75. The van der Waals surface area contributed by atoms with E-state index in [1.165, 1.54) is 19.2 Å². The normalized spacial score (nSPS) is 14.8. The third-order valence-corrected chi connectivity index (χ3v) is 5.19. The van der Waals surface area contributed by atoms with Crippen LogP contribution in [0.5, 0.6) is 5.75 Å². The molecule has 8 nitrogen and oxygen atoms in total. The van der Waals surface area contributed by atoms with Crippen LogP contribution in [0.25, 0.3) is 0 Å². The zero-order valence-electron chi connectivity index (χ0n) is 17.2. The highest BCUT2D eigenvalue weighted by molar-refractivity contribution is 6.06. The van der Waals surface area contributed by atoms with E-state index in [1.807, 2.05) is 31.2 Å². The highest BCUT2D eigenvalue weighted by Crippen LogP contribution is 2.32. The average molecular weight is 418 g/mol. The number of benzene rings is 2. The van der Waals surface area contributed by atoms with Gasteiger partial charge in [0.1, 0.15) is 18.0 Å². The SMILES string of the molecule is COc1ccccc1NC(=O)Cn1nc(C(=O)N2c3ccccc3C[C@@H]2C)ccc1=O. The second-order valence-electron chi connectivity index (χ2n) is 7.32. The van der Waals surface area contributed by atoms with Crippen molar-refractivity contribution in [2.24, 2.45) is 0 Å². The van der Waals surface area contributed by atoms with Crippen molar-refractivity contribution in [3.8, 4) is 5.75 Å². The molecule has 0 saturated carbocycles. The van der Waals surface area contributed by atoms with E-state index >= 15 is 0 Å². The fourth-order valence-corrected chi connectivity index (χ4v) is 3.75. The summed E-state index contributed by atoms with van der Waals surface area (Å²) in [5.41, 5.74) is 2.05. The Bertz CT molecular complexity index is 1200. The van der Waals surface area contributed by atoms with E-state index in [0.29, 0.717) is 11.4 Å². The number of nitrogens with zero attached hydrogens (tertiary/aromatic N) is 3. The van der Waals surface area contributed by atoms with Crippen LogP contribution < -0.4 is 20.5 Å². The molecule has 2 aromatic carbocycles. The van der Waals surface area contributed by atoms with Crippen LogP contribution in [0.4, 0.5) is 11.4 Å². The molecule has 1 aliphatic heterocycles. The van der Waals surface area contributed by atoms with E-state index in [0.717, 1.165) is 22.4 Å². The molecule has 0 saturated heterocycles. The quantitative estimate of drug-likeness (QED) is 0.687. The Morgan fingerprint density at radius 1 is 1.10 bits per heavy atom. The van der Waals surface area contributed by atoms with Gasteiger partial charge in [-0.2, -0.15) is 5.10 Å². The first-order valence-electron chi connectivity index (χ1n) is 9.90. The molecule has 1 aliphatic rings. The number of hydrogen-bond donors (Lipinski definition) is 1. The molecule has 1 atom stereocenters. The molecule has 1 aromatic heterocycles. The molecular weight excluding hydrogens is 396 g/mol. The number of anilines is 2. The number of carbonyl (C=O) groups is 2. The Kier molecular flexibility index (Phi) is 5.53. The maximum Gasteiger partial charge on any atom is 0.278 e. The van der Waals surface area contributed by atoms with Crippen LogP contribution in [-0.2, 0) is 17.8 Å². The number of ether oxygens (including phenoxy) is 1. The van der Waals surface area contributed by atoms with Crippen LogP contribution >= 0.6 is 0 Å². The predicted molar refractivity (Wildman–Crippen MR) is 117 cm³/mol. The van der Waals surface area contributed by atoms with Crippen molar-refractivity contribution < 1.29 is 14.3 Å². The number of methoxy groups -OCH3 is 1. The molecule has 1 N–H and O–H groups in total. The highest BCUT2D eigenvalue weighted by atomic mass is 16.5. The Labute approximate surface area is 179 Å². The summed E-state index contributed by atoms with van der Waals surface area (Å²) in [5, 5.41) is 6.87. The van der Waals surface area contributed by atoms with Crippen molar-refractivity contribution in [3.05, 3.63) is 82.3 Å². The Hall–Kier alpha value is -3.94. The number of aromatic nitrogens is 2. The lowest BCUT2D eigenvalue weighted by Crippen LogP contribution is -2.38. The molecule has 8 heteroatoms. The summed E-state index contributed by atoms with van der Waals surface area (Å²) < 4.78 is 6.21. The van der Waals surface area contributed by atoms with Gasteiger partial charge >= 0.3 is 0 Å². The molecule has 0 spiro atoms. The third-order valence-electron chi connectivity index (χ3n) is 5.19. The molecule has 4 rings (SSSR count). The molecule has 2 heterocycles. The maximum absolute atomic E-state index is 13.2. The van der Waals surface area contributed by atoms with Crippen LogP contribution in [0, 0.1) is 0 Å². The number of para-hydroxylation sites is 3. The van der Waals surface area contributed by atoms with Gasteiger partial charge in [0.05, 0.1) is 12.8 Å². The molecule has 0 aliphatic carbocycles. The number of nitrogens with one attached hydrogen (secondary N) is 1. The van der Waals surface area contributed by atoms with Gasteiger partial charge in [-0.25, -0.2) is 4.68 Å². The lowest BCUT2D eigenvalue weighted by Gasteiger charge is -2.22. The third kappa shape index (κ3) is 4.05. The van der Waals surface area contributed by atoms with Crippen LogP contribution in [-0.4, -0.2) is 34.7 Å². The first kappa shape index (κ1) is 20.3. The first-order chi connectivity index (χ1) is 15.0. The van der Waals surface area contributed by atoms with Gasteiger partial charge in [-0.15, -0.1) is 0 Å². The van der Waals surface area contributed by atoms with Crippen LogP contribution in [0.15, 0.2) is 65.5 Å². The first-order valence-corrected chi connectivity index (χ1v) is 9.90. The fraction of sp³-hybridized carbons (Fsp3) is 0.217. The molecule has 158 valence electrons. The van der Waals surface area contributed by atoms with Crippen molar-refractivity contribution in [3.63, 3.8) is 0 Å². The second-order valence-corrected chi connectivity index (χ2v) is 7.32. The van der Waals surface area contributed by atoms with Gasteiger partial charge in [0.25, 0.3) is 11.5 Å². The van der Waals surface area contributed by atoms with E-state index in [9.17, 15) is 14.4 Å². The largest absolute Gasteiger partial charge is 0.495 e. The Morgan fingerprint density at radius 3 is 2.65 bits per heavy atom. The van der Waals surface area contributed by atoms with E-state index < -0.39 is 11.5 Å². The maximum atomic E-state index is 13.2. The molecule has 0 radical (unpaired) electrons. The topological polar surface area (TPSA) is 93.5 Å². The van der Waals surface area contributed by atoms with Crippen molar-refractivity contribution in [1.82, 2.24) is 9.78 Å². The number of fused-ring (bicyclic) bond motifs is 1.